The summed E-state index contributed by atoms with van der Waals surface area (Å²) in [4.78, 5) is 0. The molecule has 0 amide bonds. The van der Waals surface area contributed by atoms with Gasteiger partial charge in [0.2, 0.25) is 0 Å². The van der Waals surface area contributed by atoms with Gasteiger partial charge >= 0.3 is 0 Å². The summed E-state index contributed by atoms with van der Waals surface area (Å²) in [5.41, 5.74) is 2.89. The van der Waals surface area contributed by atoms with E-state index < -0.39 is 6.10 Å². The van der Waals surface area contributed by atoms with E-state index in [1.54, 1.807) is 6.07 Å². The first kappa shape index (κ1) is 14.7. The van der Waals surface area contributed by atoms with Gasteiger partial charge in [0.1, 0.15) is 5.82 Å². The van der Waals surface area contributed by atoms with Gasteiger partial charge in [-0.25, -0.2) is 4.39 Å². The van der Waals surface area contributed by atoms with Gasteiger partial charge < -0.3 is 5.11 Å². The van der Waals surface area contributed by atoms with Gasteiger partial charge in [0, 0.05) is 18.7 Å². The summed E-state index contributed by atoms with van der Waals surface area (Å²) < 4.78 is 15.0. The van der Waals surface area contributed by atoms with Gasteiger partial charge in [0.05, 0.1) is 11.8 Å². The topological polar surface area (TPSA) is 38.0 Å². The van der Waals surface area contributed by atoms with E-state index in [4.69, 9.17) is 0 Å². The molecule has 2 aromatic rings. The number of aryl methyl sites for hydroxylation is 2. The maximum Gasteiger partial charge on any atom is 0.123 e. The van der Waals surface area contributed by atoms with Crippen molar-refractivity contribution in [3.8, 4) is 0 Å². The first-order valence-electron chi connectivity index (χ1n) is 7.10. The predicted octanol–water partition coefficient (Wildman–Crippen LogP) is 2.75. The average molecular weight is 276 g/mol. The minimum Gasteiger partial charge on any atom is -0.392 e. The summed E-state index contributed by atoms with van der Waals surface area (Å²) in [7, 11) is 0. The highest BCUT2D eigenvalue weighted by Gasteiger charge is 2.12. The summed E-state index contributed by atoms with van der Waals surface area (Å²) in [6.07, 6.45) is 1.36. The van der Waals surface area contributed by atoms with Gasteiger partial charge in [-0.2, -0.15) is 5.10 Å². The van der Waals surface area contributed by atoms with Crippen LogP contribution >= 0.6 is 0 Å². The van der Waals surface area contributed by atoms with Crippen molar-refractivity contribution in [2.45, 2.75) is 45.8 Å². The molecule has 1 aromatic carbocycles. The van der Waals surface area contributed by atoms with Crippen LogP contribution in [0.1, 0.15) is 30.8 Å². The van der Waals surface area contributed by atoms with Crippen molar-refractivity contribution in [2.24, 2.45) is 0 Å². The lowest BCUT2D eigenvalue weighted by atomic mass is 10.0. The van der Waals surface area contributed by atoms with Gasteiger partial charge in [-0.15, -0.1) is 0 Å². The second kappa shape index (κ2) is 6.66. The first-order chi connectivity index (χ1) is 9.62. The van der Waals surface area contributed by atoms with Crippen LogP contribution < -0.4 is 0 Å². The van der Waals surface area contributed by atoms with Crippen molar-refractivity contribution < 1.29 is 9.50 Å². The van der Waals surface area contributed by atoms with Gasteiger partial charge in [-0.1, -0.05) is 19.1 Å². The smallest absolute Gasteiger partial charge is 0.123 e. The minimum absolute atomic E-state index is 0.262. The third kappa shape index (κ3) is 3.67. The number of nitrogens with zero attached hydrogens (tertiary/aromatic N) is 2. The predicted molar refractivity (Wildman–Crippen MR) is 77.1 cm³/mol. The van der Waals surface area contributed by atoms with Crippen LogP contribution in [-0.2, 0) is 25.8 Å². The van der Waals surface area contributed by atoms with Crippen molar-refractivity contribution >= 4 is 0 Å². The molecule has 1 aromatic heterocycles. The van der Waals surface area contributed by atoms with E-state index in [0.717, 1.165) is 29.9 Å². The standard InChI is InChI=1S/C16H21FN2O/c1-3-14-10-15(19(4-2)18-14)11-16(20)9-12-6-5-7-13(17)8-12/h5-8,10,16,20H,3-4,9,11H2,1-2H3. The summed E-state index contributed by atoms with van der Waals surface area (Å²) in [5.74, 6) is -0.262. The number of halogens is 1. The molecular formula is C16H21FN2O. The highest BCUT2D eigenvalue weighted by atomic mass is 19.1. The Morgan fingerprint density at radius 3 is 2.70 bits per heavy atom. The molecule has 1 heterocycles. The number of aromatic nitrogens is 2. The number of hydrogen-bond acceptors (Lipinski definition) is 2. The monoisotopic (exact) mass is 276 g/mol. The summed E-state index contributed by atoms with van der Waals surface area (Å²) in [6, 6.07) is 8.43. The van der Waals surface area contributed by atoms with Crippen LogP contribution in [0.5, 0.6) is 0 Å². The Kier molecular flexibility index (Phi) is 4.90. The van der Waals surface area contributed by atoms with Crippen LogP contribution in [0.3, 0.4) is 0 Å². The average Bonchev–Trinajstić information content (AvgIpc) is 2.80. The van der Waals surface area contributed by atoms with Crippen LogP contribution in [0.15, 0.2) is 30.3 Å². The molecule has 0 fully saturated rings. The lowest BCUT2D eigenvalue weighted by molar-refractivity contribution is 0.172. The van der Waals surface area contributed by atoms with Crippen molar-refractivity contribution in [1.29, 1.82) is 0 Å². The molecule has 1 atom stereocenters. The molecule has 1 N–H and O–H groups in total. The van der Waals surface area contributed by atoms with E-state index in [1.165, 1.54) is 12.1 Å². The van der Waals surface area contributed by atoms with E-state index in [-0.39, 0.29) is 5.82 Å². The number of rotatable bonds is 6. The highest BCUT2D eigenvalue weighted by Crippen LogP contribution is 2.12. The molecular weight excluding hydrogens is 255 g/mol. The zero-order valence-corrected chi connectivity index (χ0v) is 12.0. The molecule has 0 saturated carbocycles. The fourth-order valence-electron chi connectivity index (χ4n) is 2.38. The molecule has 0 aliphatic carbocycles. The zero-order valence-electron chi connectivity index (χ0n) is 12.0. The van der Waals surface area contributed by atoms with Crippen LogP contribution in [0.25, 0.3) is 0 Å². The molecule has 0 radical (unpaired) electrons. The summed E-state index contributed by atoms with van der Waals surface area (Å²) in [6.45, 7) is 4.90. The molecule has 20 heavy (non-hydrogen) atoms. The maximum atomic E-state index is 13.1. The van der Waals surface area contributed by atoms with Gasteiger partial charge in [0.15, 0.2) is 0 Å². The van der Waals surface area contributed by atoms with Crippen molar-refractivity contribution in [3.63, 3.8) is 0 Å². The third-order valence-electron chi connectivity index (χ3n) is 3.38. The lowest BCUT2D eigenvalue weighted by Gasteiger charge is -2.11. The lowest BCUT2D eigenvalue weighted by Crippen LogP contribution is -2.17. The van der Waals surface area contributed by atoms with Crippen molar-refractivity contribution in [3.05, 3.63) is 53.1 Å². The Labute approximate surface area is 119 Å². The van der Waals surface area contributed by atoms with E-state index in [0.29, 0.717) is 12.8 Å². The van der Waals surface area contributed by atoms with Crippen LogP contribution in [0, 0.1) is 5.82 Å². The number of aliphatic hydroxyl groups is 1. The summed E-state index contributed by atoms with van der Waals surface area (Å²) in [5, 5.41) is 14.7. The highest BCUT2D eigenvalue weighted by molar-refractivity contribution is 5.18. The summed E-state index contributed by atoms with van der Waals surface area (Å²) >= 11 is 0. The molecule has 0 bridgehead atoms. The normalized spacial score (nSPS) is 12.6. The quantitative estimate of drug-likeness (QED) is 0.881. The van der Waals surface area contributed by atoms with Gasteiger partial charge in [0.25, 0.3) is 0 Å². The molecule has 0 aliphatic heterocycles. The molecule has 4 heteroatoms. The minimum atomic E-state index is -0.525. The Balaban J connectivity index is 2.04. The van der Waals surface area contributed by atoms with E-state index in [9.17, 15) is 9.50 Å². The van der Waals surface area contributed by atoms with Crippen LogP contribution in [0.4, 0.5) is 4.39 Å². The van der Waals surface area contributed by atoms with E-state index in [2.05, 4.69) is 12.0 Å². The Morgan fingerprint density at radius 1 is 1.25 bits per heavy atom. The number of benzene rings is 1. The zero-order chi connectivity index (χ0) is 14.5. The van der Waals surface area contributed by atoms with Gasteiger partial charge in [-0.05, 0) is 43.5 Å². The SMILES string of the molecule is CCc1cc(CC(O)Cc2cccc(F)c2)n(CC)n1. The molecule has 2 rings (SSSR count). The molecule has 0 aliphatic rings. The first-order valence-corrected chi connectivity index (χ1v) is 7.10. The molecule has 0 saturated heterocycles. The Morgan fingerprint density at radius 2 is 2.05 bits per heavy atom. The van der Waals surface area contributed by atoms with Gasteiger partial charge in [-0.3, -0.25) is 4.68 Å². The maximum absolute atomic E-state index is 13.1. The van der Waals surface area contributed by atoms with E-state index >= 15 is 0 Å². The fraction of sp³-hybridized carbons (Fsp3) is 0.438. The van der Waals surface area contributed by atoms with Crippen LogP contribution in [-0.4, -0.2) is 21.0 Å². The Hall–Kier alpha value is -1.68. The molecule has 108 valence electrons. The second-order valence-electron chi connectivity index (χ2n) is 4.99. The van der Waals surface area contributed by atoms with Crippen molar-refractivity contribution in [1.82, 2.24) is 9.78 Å². The number of aliphatic hydroxyl groups excluding tert-OH is 1. The fourth-order valence-corrected chi connectivity index (χ4v) is 2.38. The largest absolute Gasteiger partial charge is 0.392 e. The van der Waals surface area contributed by atoms with E-state index in [1.807, 2.05) is 23.7 Å². The molecule has 0 spiro atoms. The number of hydrogen-bond donors (Lipinski definition) is 1. The molecule has 3 nitrogen and oxygen atoms in total. The molecule has 1 unspecified atom stereocenters. The second-order valence-corrected chi connectivity index (χ2v) is 4.99. The third-order valence-corrected chi connectivity index (χ3v) is 3.38. The van der Waals surface area contributed by atoms with Crippen molar-refractivity contribution in [2.75, 3.05) is 0 Å². The Bertz CT molecular complexity index is 565. The van der Waals surface area contributed by atoms with Crippen LogP contribution in [0.2, 0.25) is 0 Å².